The lowest BCUT2D eigenvalue weighted by Crippen LogP contribution is -2.37. The van der Waals surface area contributed by atoms with E-state index in [0.29, 0.717) is 0 Å². The lowest BCUT2D eigenvalue weighted by molar-refractivity contribution is 0.316. The van der Waals surface area contributed by atoms with Crippen molar-refractivity contribution in [1.29, 1.82) is 0 Å². The maximum atomic E-state index is 6.26. The van der Waals surface area contributed by atoms with Crippen LogP contribution in [0.25, 0.3) is 5.65 Å². The fraction of sp³-hybridized carbons (Fsp3) is 0.500. The molecule has 0 radical (unpaired) electrons. The number of rotatable bonds is 2. The third-order valence-corrected chi connectivity index (χ3v) is 3.35. The summed E-state index contributed by atoms with van der Waals surface area (Å²) in [5.74, 6) is 0. The molecule has 1 atom stereocenters. The Morgan fingerprint density at radius 1 is 1.35 bits per heavy atom. The Hall–Kier alpha value is -1.35. The standard InChI is InChI=1S/C14H21N3/c1-10-11(9-12(15)14(2,3)4)17-8-6-5-7-13(17)16-10/h5-8,12H,9,15H2,1-4H3. The largest absolute Gasteiger partial charge is 0.327 e. The van der Waals surface area contributed by atoms with Crippen LogP contribution in [0.4, 0.5) is 0 Å². The van der Waals surface area contributed by atoms with Gasteiger partial charge in [-0.25, -0.2) is 4.98 Å². The molecule has 2 aromatic rings. The van der Waals surface area contributed by atoms with Gasteiger partial charge in [-0.15, -0.1) is 0 Å². The fourth-order valence-electron chi connectivity index (χ4n) is 1.92. The van der Waals surface area contributed by atoms with E-state index in [4.69, 9.17) is 5.73 Å². The van der Waals surface area contributed by atoms with Gasteiger partial charge in [-0.05, 0) is 24.5 Å². The van der Waals surface area contributed by atoms with Gasteiger partial charge in [0, 0.05) is 24.4 Å². The van der Waals surface area contributed by atoms with Crippen molar-refractivity contribution >= 4 is 5.65 Å². The van der Waals surface area contributed by atoms with E-state index in [1.165, 1.54) is 5.69 Å². The summed E-state index contributed by atoms with van der Waals surface area (Å²) in [4.78, 5) is 4.56. The Balaban J connectivity index is 2.39. The van der Waals surface area contributed by atoms with E-state index in [2.05, 4.69) is 43.3 Å². The van der Waals surface area contributed by atoms with Crippen LogP contribution in [0.2, 0.25) is 0 Å². The van der Waals surface area contributed by atoms with Gasteiger partial charge < -0.3 is 10.1 Å². The molecular weight excluding hydrogens is 210 g/mol. The molecule has 2 N–H and O–H groups in total. The van der Waals surface area contributed by atoms with Crippen LogP contribution >= 0.6 is 0 Å². The van der Waals surface area contributed by atoms with Gasteiger partial charge in [-0.2, -0.15) is 0 Å². The fourth-order valence-corrected chi connectivity index (χ4v) is 1.92. The second-order valence-electron chi connectivity index (χ2n) is 5.75. The van der Waals surface area contributed by atoms with E-state index < -0.39 is 0 Å². The van der Waals surface area contributed by atoms with Crippen LogP contribution in [0.5, 0.6) is 0 Å². The third-order valence-electron chi connectivity index (χ3n) is 3.35. The first kappa shape index (κ1) is 12.1. The van der Waals surface area contributed by atoms with Gasteiger partial charge in [0.1, 0.15) is 5.65 Å². The molecule has 0 spiro atoms. The predicted molar refractivity (Wildman–Crippen MR) is 71.1 cm³/mol. The van der Waals surface area contributed by atoms with Crippen LogP contribution in [-0.2, 0) is 6.42 Å². The first-order valence-electron chi connectivity index (χ1n) is 6.08. The van der Waals surface area contributed by atoms with Crippen LogP contribution in [0.15, 0.2) is 24.4 Å². The first-order valence-corrected chi connectivity index (χ1v) is 6.08. The molecule has 3 nitrogen and oxygen atoms in total. The molecule has 0 aliphatic rings. The molecule has 2 heterocycles. The Morgan fingerprint density at radius 2 is 2.06 bits per heavy atom. The number of pyridine rings is 1. The predicted octanol–water partition coefficient (Wildman–Crippen LogP) is 2.56. The number of nitrogens with zero attached hydrogens (tertiary/aromatic N) is 2. The van der Waals surface area contributed by atoms with Gasteiger partial charge in [-0.3, -0.25) is 0 Å². The van der Waals surface area contributed by atoms with Crippen molar-refractivity contribution in [2.24, 2.45) is 11.1 Å². The lowest BCUT2D eigenvalue weighted by atomic mass is 9.84. The van der Waals surface area contributed by atoms with E-state index in [9.17, 15) is 0 Å². The molecule has 3 heteroatoms. The van der Waals surface area contributed by atoms with Crippen LogP contribution in [0.1, 0.15) is 32.2 Å². The maximum absolute atomic E-state index is 6.26. The van der Waals surface area contributed by atoms with Crippen molar-refractivity contribution in [2.75, 3.05) is 0 Å². The van der Waals surface area contributed by atoms with Crippen LogP contribution < -0.4 is 5.73 Å². The molecular formula is C14H21N3. The minimum Gasteiger partial charge on any atom is -0.327 e. The minimum atomic E-state index is 0.116. The second kappa shape index (κ2) is 4.15. The van der Waals surface area contributed by atoms with Gasteiger partial charge in [0.25, 0.3) is 0 Å². The van der Waals surface area contributed by atoms with Gasteiger partial charge in [-0.1, -0.05) is 26.8 Å². The average Bonchev–Trinajstić information content (AvgIpc) is 2.54. The number of hydrogen-bond donors (Lipinski definition) is 1. The van der Waals surface area contributed by atoms with E-state index >= 15 is 0 Å². The summed E-state index contributed by atoms with van der Waals surface area (Å²) in [6, 6.07) is 6.20. The zero-order chi connectivity index (χ0) is 12.6. The molecule has 0 amide bonds. The summed E-state index contributed by atoms with van der Waals surface area (Å²) < 4.78 is 2.14. The highest BCUT2D eigenvalue weighted by molar-refractivity contribution is 5.43. The van der Waals surface area contributed by atoms with Crippen LogP contribution in [0, 0.1) is 12.3 Å². The molecule has 0 aliphatic heterocycles. The molecule has 2 rings (SSSR count). The van der Waals surface area contributed by atoms with Crippen molar-refractivity contribution in [1.82, 2.24) is 9.38 Å². The van der Waals surface area contributed by atoms with Crippen molar-refractivity contribution in [3.05, 3.63) is 35.8 Å². The molecule has 1 unspecified atom stereocenters. The van der Waals surface area contributed by atoms with Crippen LogP contribution in [-0.4, -0.2) is 15.4 Å². The van der Waals surface area contributed by atoms with E-state index in [1.54, 1.807) is 0 Å². The molecule has 0 bridgehead atoms. The summed E-state index contributed by atoms with van der Waals surface area (Å²) >= 11 is 0. The van der Waals surface area contributed by atoms with E-state index in [-0.39, 0.29) is 11.5 Å². The number of fused-ring (bicyclic) bond motifs is 1. The molecule has 0 aromatic carbocycles. The SMILES string of the molecule is Cc1nc2ccccn2c1CC(N)C(C)(C)C. The Labute approximate surface area is 103 Å². The van der Waals surface area contributed by atoms with E-state index in [0.717, 1.165) is 17.8 Å². The number of aryl methyl sites for hydroxylation is 1. The third kappa shape index (κ3) is 2.34. The first-order chi connectivity index (χ1) is 7.89. The molecule has 0 saturated heterocycles. The molecule has 2 aromatic heterocycles. The summed E-state index contributed by atoms with van der Waals surface area (Å²) in [5, 5.41) is 0. The number of imidazole rings is 1. The Kier molecular flexibility index (Phi) is 2.96. The lowest BCUT2D eigenvalue weighted by Gasteiger charge is -2.27. The van der Waals surface area contributed by atoms with Crippen molar-refractivity contribution < 1.29 is 0 Å². The molecule has 17 heavy (non-hydrogen) atoms. The normalized spacial score (nSPS) is 14.2. The summed E-state index contributed by atoms with van der Waals surface area (Å²) in [6.45, 7) is 8.58. The highest BCUT2D eigenvalue weighted by atomic mass is 15.0. The maximum Gasteiger partial charge on any atom is 0.137 e. The number of hydrogen-bond acceptors (Lipinski definition) is 2. The van der Waals surface area contributed by atoms with Crippen LogP contribution in [0.3, 0.4) is 0 Å². The summed E-state index contributed by atoms with van der Waals surface area (Å²) in [5.41, 5.74) is 9.68. The summed E-state index contributed by atoms with van der Waals surface area (Å²) in [6.07, 6.45) is 2.92. The highest BCUT2D eigenvalue weighted by Crippen LogP contribution is 2.22. The number of aromatic nitrogens is 2. The molecule has 0 aliphatic carbocycles. The average molecular weight is 231 g/mol. The molecule has 0 fully saturated rings. The van der Waals surface area contributed by atoms with Gasteiger partial charge in [0.15, 0.2) is 0 Å². The quantitative estimate of drug-likeness (QED) is 0.863. The van der Waals surface area contributed by atoms with Gasteiger partial charge in [0.2, 0.25) is 0 Å². The minimum absolute atomic E-state index is 0.116. The Morgan fingerprint density at radius 3 is 2.71 bits per heavy atom. The number of nitrogens with two attached hydrogens (primary N) is 1. The second-order valence-corrected chi connectivity index (χ2v) is 5.75. The van der Waals surface area contributed by atoms with Gasteiger partial charge in [0.05, 0.1) is 5.69 Å². The van der Waals surface area contributed by atoms with Crippen molar-refractivity contribution in [2.45, 2.75) is 40.2 Å². The monoisotopic (exact) mass is 231 g/mol. The highest BCUT2D eigenvalue weighted by Gasteiger charge is 2.23. The Bertz CT molecular complexity index is 520. The van der Waals surface area contributed by atoms with Gasteiger partial charge >= 0.3 is 0 Å². The zero-order valence-electron chi connectivity index (χ0n) is 11.1. The van der Waals surface area contributed by atoms with Crippen molar-refractivity contribution in [3.8, 4) is 0 Å². The molecule has 0 saturated carbocycles. The van der Waals surface area contributed by atoms with E-state index in [1.807, 2.05) is 18.2 Å². The smallest absolute Gasteiger partial charge is 0.137 e. The topological polar surface area (TPSA) is 43.3 Å². The molecule has 92 valence electrons. The zero-order valence-corrected chi connectivity index (χ0v) is 11.1. The van der Waals surface area contributed by atoms with Crippen molar-refractivity contribution in [3.63, 3.8) is 0 Å². The summed E-state index contributed by atoms with van der Waals surface area (Å²) in [7, 11) is 0.